The molecule has 0 aromatic rings. The first kappa shape index (κ1) is 14.9. The van der Waals surface area contributed by atoms with Crippen molar-refractivity contribution in [3.8, 4) is 6.07 Å². The summed E-state index contributed by atoms with van der Waals surface area (Å²) in [5, 5.41) is 11.9. The topological polar surface area (TPSA) is 56.1 Å². The van der Waals surface area contributed by atoms with Gasteiger partial charge in [0.1, 0.15) is 0 Å². The lowest BCUT2D eigenvalue weighted by molar-refractivity contribution is -0.130. The Morgan fingerprint density at radius 2 is 2.06 bits per heavy atom. The largest absolute Gasteiger partial charge is 0.341 e. The summed E-state index contributed by atoms with van der Waals surface area (Å²) < 4.78 is 0. The summed E-state index contributed by atoms with van der Waals surface area (Å²) in [6.07, 6.45) is 0. The summed E-state index contributed by atoms with van der Waals surface area (Å²) in [5.74, 6) is -0.0574. The summed E-state index contributed by atoms with van der Waals surface area (Å²) in [5.41, 5.74) is -0.0596. The highest BCUT2D eigenvalue weighted by Gasteiger charge is 2.17. The van der Waals surface area contributed by atoms with Crippen LogP contribution in [0.25, 0.3) is 0 Å². The Bertz CT molecular complexity index is 262. The van der Waals surface area contributed by atoms with Crippen molar-refractivity contribution in [2.75, 3.05) is 19.6 Å². The molecule has 0 spiro atoms. The molecule has 1 unspecified atom stereocenters. The second-order valence-electron chi connectivity index (χ2n) is 5.07. The molecule has 0 heterocycles. The molecule has 4 nitrogen and oxygen atoms in total. The van der Waals surface area contributed by atoms with Crippen LogP contribution in [0, 0.1) is 17.2 Å². The Labute approximate surface area is 98.6 Å². The van der Waals surface area contributed by atoms with Crippen LogP contribution in [0.15, 0.2) is 0 Å². The number of nitriles is 1. The van der Waals surface area contributed by atoms with Gasteiger partial charge in [-0.15, -0.1) is 0 Å². The number of nitrogens with zero attached hydrogens (tertiary/aromatic N) is 2. The van der Waals surface area contributed by atoms with Crippen LogP contribution in [-0.4, -0.2) is 36.0 Å². The summed E-state index contributed by atoms with van der Waals surface area (Å²) in [6.45, 7) is 11.3. The molecule has 0 aromatic heterocycles. The Balaban J connectivity index is 4.17. The predicted molar refractivity (Wildman–Crippen MR) is 64.8 cm³/mol. The molecule has 1 amide bonds. The zero-order valence-electron chi connectivity index (χ0n) is 11.0. The molecule has 0 fully saturated rings. The average Bonchev–Trinajstić information content (AvgIpc) is 2.21. The number of hydrogen-bond donors (Lipinski definition) is 1. The molecule has 1 N–H and O–H groups in total. The van der Waals surface area contributed by atoms with Crippen molar-refractivity contribution >= 4 is 5.91 Å². The highest BCUT2D eigenvalue weighted by Crippen LogP contribution is 2.01. The molecule has 16 heavy (non-hydrogen) atoms. The van der Waals surface area contributed by atoms with Crippen molar-refractivity contribution in [3.05, 3.63) is 0 Å². The molecule has 0 aliphatic carbocycles. The van der Waals surface area contributed by atoms with Gasteiger partial charge in [0.15, 0.2) is 0 Å². The molecule has 0 saturated carbocycles. The van der Waals surface area contributed by atoms with Crippen LogP contribution < -0.4 is 5.32 Å². The van der Waals surface area contributed by atoms with Crippen molar-refractivity contribution in [2.45, 2.75) is 40.2 Å². The second kappa shape index (κ2) is 6.49. The maximum atomic E-state index is 11.8. The van der Waals surface area contributed by atoms with Crippen molar-refractivity contribution in [2.24, 2.45) is 5.92 Å². The number of carbonyl (C=O) groups excluding carboxylic acids is 1. The van der Waals surface area contributed by atoms with E-state index in [1.807, 2.05) is 34.6 Å². The van der Waals surface area contributed by atoms with E-state index in [2.05, 4.69) is 11.4 Å². The van der Waals surface area contributed by atoms with Crippen LogP contribution in [0.5, 0.6) is 0 Å². The van der Waals surface area contributed by atoms with Gasteiger partial charge in [-0.1, -0.05) is 0 Å². The van der Waals surface area contributed by atoms with Gasteiger partial charge in [0.2, 0.25) is 5.91 Å². The standard InChI is InChI=1S/C12H23N3O/c1-6-15(9-10(2)7-13)11(16)8-14-12(3,4)5/h10,14H,6,8-9H2,1-5H3. The summed E-state index contributed by atoms with van der Waals surface area (Å²) in [6, 6.07) is 2.14. The van der Waals surface area contributed by atoms with Crippen molar-refractivity contribution in [1.29, 1.82) is 5.26 Å². The van der Waals surface area contributed by atoms with E-state index in [4.69, 9.17) is 5.26 Å². The lowest BCUT2D eigenvalue weighted by Gasteiger charge is -2.25. The van der Waals surface area contributed by atoms with Crippen LogP contribution >= 0.6 is 0 Å². The third-order valence-corrected chi connectivity index (χ3v) is 2.22. The third-order valence-electron chi connectivity index (χ3n) is 2.22. The lowest BCUT2D eigenvalue weighted by Crippen LogP contribution is -2.45. The molecular weight excluding hydrogens is 202 g/mol. The molecule has 0 aliphatic rings. The zero-order chi connectivity index (χ0) is 12.8. The maximum Gasteiger partial charge on any atom is 0.236 e. The predicted octanol–water partition coefficient (Wildman–Crippen LogP) is 1.38. The fourth-order valence-corrected chi connectivity index (χ4v) is 1.23. The van der Waals surface area contributed by atoms with E-state index in [-0.39, 0.29) is 17.4 Å². The van der Waals surface area contributed by atoms with Gasteiger partial charge in [0, 0.05) is 18.6 Å². The number of rotatable bonds is 5. The van der Waals surface area contributed by atoms with Crippen LogP contribution in [0.3, 0.4) is 0 Å². The summed E-state index contributed by atoms with van der Waals surface area (Å²) >= 11 is 0. The SMILES string of the molecule is CCN(CC(C)C#N)C(=O)CNC(C)(C)C. The van der Waals surface area contributed by atoms with Crippen molar-refractivity contribution in [3.63, 3.8) is 0 Å². The van der Waals surface area contributed by atoms with Gasteiger partial charge in [-0.05, 0) is 34.6 Å². The van der Waals surface area contributed by atoms with E-state index in [1.165, 1.54) is 0 Å². The first-order valence-corrected chi connectivity index (χ1v) is 5.72. The van der Waals surface area contributed by atoms with E-state index >= 15 is 0 Å². The quantitative estimate of drug-likeness (QED) is 0.769. The second-order valence-corrected chi connectivity index (χ2v) is 5.07. The Kier molecular flexibility index (Phi) is 6.05. The van der Waals surface area contributed by atoms with Gasteiger partial charge < -0.3 is 10.2 Å². The molecule has 0 aliphatic heterocycles. The fraction of sp³-hybridized carbons (Fsp3) is 0.833. The lowest BCUT2D eigenvalue weighted by atomic mass is 10.1. The minimum absolute atomic E-state index is 0.0551. The zero-order valence-corrected chi connectivity index (χ0v) is 11.0. The molecule has 92 valence electrons. The highest BCUT2D eigenvalue weighted by molar-refractivity contribution is 5.78. The first-order chi connectivity index (χ1) is 7.30. The third kappa shape index (κ3) is 6.41. The average molecular weight is 225 g/mol. The molecule has 0 aromatic carbocycles. The molecular formula is C12H23N3O. The first-order valence-electron chi connectivity index (χ1n) is 5.72. The van der Waals surface area contributed by atoms with Crippen LogP contribution in [-0.2, 0) is 4.79 Å². The minimum atomic E-state index is -0.112. The van der Waals surface area contributed by atoms with E-state index in [0.717, 1.165) is 0 Å². The number of nitrogens with one attached hydrogen (secondary N) is 1. The molecule has 0 saturated heterocycles. The van der Waals surface area contributed by atoms with Gasteiger partial charge >= 0.3 is 0 Å². The van der Waals surface area contributed by atoms with Crippen LogP contribution in [0.2, 0.25) is 0 Å². The fourth-order valence-electron chi connectivity index (χ4n) is 1.23. The Morgan fingerprint density at radius 1 is 1.50 bits per heavy atom. The van der Waals surface area contributed by atoms with Gasteiger partial charge in [-0.25, -0.2) is 0 Å². The van der Waals surface area contributed by atoms with E-state index in [1.54, 1.807) is 4.90 Å². The monoisotopic (exact) mass is 225 g/mol. The Hall–Kier alpha value is -1.08. The molecule has 0 radical (unpaired) electrons. The van der Waals surface area contributed by atoms with Crippen molar-refractivity contribution in [1.82, 2.24) is 10.2 Å². The maximum absolute atomic E-state index is 11.8. The van der Waals surface area contributed by atoms with Crippen LogP contribution in [0.1, 0.15) is 34.6 Å². The minimum Gasteiger partial charge on any atom is -0.341 e. The number of carbonyl (C=O) groups is 1. The highest BCUT2D eigenvalue weighted by atomic mass is 16.2. The van der Waals surface area contributed by atoms with Gasteiger partial charge in [0.05, 0.1) is 18.5 Å². The van der Waals surface area contributed by atoms with E-state index in [0.29, 0.717) is 19.6 Å². The van der Waals surface area contributed by atoms with Gasteiger partial charge in [-0.2, -0.15) is 5.26 Å². The summed E-state index contributed by atoms with van der Waals surface area (Å²) in [7, 11) is 0. The molecule has 0 rings (SSSR count). The molecule has 4 heteroatoms. The van der Waals surface area contributed by atoms with E-state index in [9.17, 15) is 4.79 Å². The molecule has 1 atom stereocenters. The number of likely N-dealkylation sites (N-methyl/N-ethyl adjacent to an activating group) is 1. The summed E-state index contributed by atoms with van der Waals surface area (Å²) in [4.78, 5) is 13.5. The molecule has 0 bridgehead atoms. The van der Waals surface area contributed by atoms with Crippen molar-refractivity contribution < 1.29 is 4.79 Å². The number of amides is 1. The van der Waals surface area contributed by atoms with E-state index < -0.39 is 0 Å². The smallest absolute Gasteiger partial charge is 0.236 e. The Morgan fingerprint density at radius 3 is 2.44 bits per heavy atom. The number of hydrogen-bond acceptors (Lipinski definition) is 3. The van der Waals surface area contributed by atoms with Gasteiger partial charge in [0.25, 0.3) is 0 Å². The van der Waals surface area contributed by atoms with Crippen LogP contribution in [0.4, 0.5) is 0 Å². The van der Waals surface area contributed by atoms with Gasteiger partial charge in [-0.3, -0.25) is 4.79 Å². The normalized spacial score (nSPS) is 13.0.